The van der Waals surface area contributed by atoms with Crippen LogP contribution in [0.1, 0.15) is 11.1 Å². The lowest BCUT2D eigenvalue weighted by Gasteiger charge is -2.13. The molecule has 0 bridgehead atoms. The third kappa shape index (κ3) is 4.78. The number of fused-ring (bicyclic) bond motifs is 1. The number of aromatic amines is 1. The van der Waals surface area contributed by atoms with Crippen molar-refractivity contribution in [2.24, 2.45) is 0 Å². The first-order valence-corrected chi connectivity index (χ1v) is 11.6. The van der Waals surface area contributed by atoms with E-state index in [0.717, 1.165) is 33.3 Å². The van der Waals surface area contributed by atoms with Gasteiger partial charge in [-0.15, -0.1) is 0 Å². The van der Waals surface area contributed by atoms with Gasteiger partial charge in [0.25, 0.3) is 0 Å². The molecule has 0 radical (unpaired) electrons. The van der Waals surface area contributed by atoms with Crippen molar-refractivity contribution in [3.05, 3.63) is 102 Å². The Bertz CT molecular complexity index is 1530. The Morgan fingerprint density at radius 3 is 2.50 bits per heavy atom. The highest BCUT2D eigenvalue weighted by molar-refractivity contribution is 5.94. The third-order valence-electron chi connectivity index (χ3n) is 6.18. The van der Waals surface area contributed by atoms with Gasteiger partial charge >= 0.3 is 0 Å². The number of aromatic nitrogens is 2. The predicted octanol–water partition coefficient (Wildman–Crippen LogP) is 4.40. The number of benzene rings is 3. The van der Waals surface area contributed by atoms with Gasteiger partial charge in [0.2, 0.25) is 5.91 Å². The minimum Gasteiger partial charge on any atom is -0.507 e. The molecule has 0 spiro atoms. The molecule has 1 amide bonds. The van der Waals surface area contributed by atoms with Gasteiger partial charge in [-0.3, -0.25) is 4.79 Å². The lowest BCUT2D eigenvalue weighted by atomic mass is 9.98. The zero-order valence-corrected chi connectivity index (χ0v) is 19.5. The number of anilines is 1. The quantitative estimate of drug-likeness (QED) is 0.237. The number of H-pyrrole nitrogens is 1. The topological polar surface area (TPSA) is 124 Å². The number of nitrogens with zero attached hydrogens (tertiary/aromatic N) is 1. The molecular formula is C29H26N4O3. The van der Waals surface area contributed by atoms with Crippen LogP contribution in [-0.4, -0.2) is 32.2 Å². The summed E-state index contributed by atoms with van der Waals surface area (Å²) in [5.74, 6) is 0.131. The van der Waals surface area contributed by atoms with Crippen LogP contribution in [0.5, 0.6) is 5.75 Å². The van der Waals surface area contributed by atoms with E-state index in [1.807, 2.05) is 84.9 Å². The maximum atomic E-state index is 12.4. The van der Waals surface area contributed by atoms with E-state index >= 15 is 0 Å². The second kappa shape index (κ2) is 9.93. The maximum absolute atomic E-state index is 12.4. The van der Waals surface area contributed by atoms with Crippen LogP contribution < -0.4 is 11.1 Å². The van der Waals surface area contributed by atoms with E-state index in [4.69, 9.17) is 5.73 Å². The summed E-state index contributed by atoms with van der Waals surface area (Å²) in [5.41, 5.74) is 11.4. The van der Waals surface area contributed by atoms with Crippen LogP contribution in [0.3, 0.4) is 0 Å². The Morgan fingerprint density at radius 2 is 1.69 bits per heavy atom. The number of aliphatic hydroxyl groups excluding tert-OH is 1. The molecule has 2 heterocycles. The number of phenolic OH excluding ortho intramolecular Hbond substituents is 1. The summed E-state index contributed by atoms with van der Waals surface area (Å²) < 4.78 is 0. The van der Waals surface area contributed by atoms with Crippen molar-refractivity contribution in [1.82, 2.24) is 15.3 Å². The molecule has 7 nitrogen and oxygen atoms in total. The number of aromatic hydroxyl groups is 1. The van der Waals surface area contributed by atoms with Crippen molar-refractivity contribution >= 4 is 22.6 Å². The molecule has 36 heavy (non-hydrogen) atoms. The molecule has 5 rings (SSSR count). The maximum Gasteiger partial charge on any atom is 0.249 e. The van der Waals surface area contributed by atoms with E-state index in [0.29, 0.717) is 16.9 Å². The van der Waals surface area contributed by atoms with Crippen LogP contribution >= 0.6 is 0 Å². The van der Waals surface area contributed by atoms with Crippen molar-refractivity contribution < 1.29 is 15.0 Å². The molecule has 180 valence electrons. The number of para-hydroxylation sites is 1. The van der Waals surface area contributed by atoms with Gasteiger partial charge in [-0.05, 0) is 41.0 Å². The molecule has 0 saturated carbocycles. The highest BCUT2D eigenvalue weighted by Gasteiger charge is 2.16. The largest absolute Gasteiger partial charge is 0.507 e. The fraction of sp³-hybridized carbons (Fsp3) is 0.103. The molecule has 0 fully saturated rings. The zero-order chi connectivity index (χ0) is 25.1. The van der Waals surface area contributed by atoms with Crippen LogP contribution in [0.15, 0.2) is 91.1 Å². The lowest BCUT2D eigenvalue weighted by molar-refractivity contribution is -0.129. The average molecular weight is 479 g/mol. The predicted molar refractivity (Wildman–Crippen MR) is 141 cm³/mol. The Kier molecular flexibility index (Phi) is 6.38. The van der Waals surface area contributed by atoms with Crippen LogP contribution in [0, 0.1) is 0 Å². The molecular weight excluding hydrogens is 452 g/mol. The molecule has 6 N–H and O–H groups in total. The summed E-state index contributed by atoms with van der Waals surface area (Å²) in [6.45, 7) is 0.257. The Balaban J connectivity index is 1.34. The van der Waals surface area contributed by atoms with E-state index in [2.05, 4.69) is 15.3 Å². The summed E-state index contributed by atoms with van der Waals surface area (Å²) in [5, 5.41) is 25.0. The van der Waals surface area contributed by atoms with Crippen LogP contribution in [0.25, 0.3) is 33.3 Å². The van der Waals surface area contributed by atoms with Gasteiger partial charge in [0.05, 0.1) is 11.2 Å². The minimum atomic E-state index is -1.13. The number of nitrogens with two attached hydrogens (primary N) is 1. The number of nitrogens with one attached hydrogen (secondary N) is 2. The number of hydrogen-bond acceptors (Lipinski definition) is 5. The Labute approximate surface area is 208 Å². The molecule has 3 aromatic carbocycles. The molecule has 5 aromatic rings. The number of hydrogen-bond donors (Lipinski definition) is 5. The van der Waals surface area contributed by atoms with Gasteiger partial charge in [0, 0.05) is 35.7 Å². The molecule has 0 aliphatic carbocycles. The number of amides is 1. The summed E-state index contributed by atoms with van der Waals surface area (Å²) in [7, 11) is 0. The average Bonchev–Trinajstić information content (AvgIpc) is 3.34. The molecule has 0 unspecified atom stereocenters. The molecule has 0 aliphatic rings. The zero-order valence-electron chi connectivity index (χ0n) is 19.5. The molecule has 7 heteroatoms. The second-order valence-electron chi connectivity index (χ2n) is 8.67. The van der Waals surface area contributed by atoms with E-state index in [-0.39, 0.29) is 18.7 Å². The Hall–Kier alpha value is -4.62. The first kappa shape index (κ1) is 23.1. The number of aliphatic hydroxyl groups is 1. The molecule has 0 saturated heterocycles. The molecule has 0 aliphatic heterocycles. The van der Waals surface area contributed by atoms with Crippen LogP contribution in [-0.2, 0) is 17.8 Å². The number of pyridine rings is 1. The van der Waals surface area contributed by atoms with Crippen molar-refractivity contribution in [1.29, 1.82) is 0 Å². The highest BCUT2D eigenvalue weighted by atomic mass is 16.3. The summed E-state index contributed by atoms with van der Waals surface area (Å²) >= 11 is 0. The van der Waals surface area contributed by atoms with Crippen LogP contribution in [0.4, 0.5) is 5.82 Å². The minimum absolute atomic E-state index is 0.134. The SMILES string of the molecule is Nc1nccc2[nH]c(-c3cccc(-c4cccc(CNC(=O)[C@@H](O)Cc5ccccc5)c4)c3O)cc12. The Morgan fingerprint density at radius 1 is 0.944 bits per heavy atom. The smallest absolute Gasteiger partial charge is 0.249 e. The number of carbonyl (C=O) groups excluding carboxylic acids is 1. The summed E-state index contributed by atoms with van der Waals surface area (Å²) in [6.07, 6.45) is 0.763. The molecule has 1 atom stereocenters. The normalized spacial score (nSPS) is 11.9. The number of rotatable bonds is 7. The summed E-state index contributed by atoms with van der Waals surface area (Å²) in [6, 6.07) is 26.3. The highest BCUT2D eigenvalue weighted by Crippen LogP contribution is 2.39. The monoisotopic (exact) mass is 478 g/mol. The number of phenols is 1. The van der Waals surface area contributed by atoms with E-state index in [9.17, 15) is 15.0 Å². The van der Waals surface area contributed by atoms with Crippen molar-refractivity contribution in [2.45, 2.75) is 19.1 Å². The first-order chi connectivity index (χ1) is 17.5. The molecule has 2 aromatic heterocycles. The fourth-order valence-electron chi connectivity index (χ4n) is 4.30. The van der Waals surface area contributed by atoms with Gasteiger partial charge in [-0.2, -0.15) is 0 Å². The number of nitrogen functional groups attached to an aromatic ring is 1. The van der Waals surface area contributed by atoms with Gasteiger partial charge in [0.15, 0.2) is 0 Å². The van der Waals surface area contributed by atoms with Gasteiger partial charge < -0.3 is 26.2 Å². The standard InChI is InChI=1S/C29H26N4O3/c30-28-23-16-25(33-24(23)12-13-31-28)22-11-5-10-21(27(22)35)20-9-4-8-19(14-20)17-32-29(36)26(34)15-18-6-2-1-3-7-18/h1-14,16,26,33-35H,15,17H2,(H2,30,31)(H,32,36)/t26-/m0/s1. The van der Waals surface area contributed by atoms with Crippen molar-refractivity contribution in [2.75, 3.05) is 5.73 Å². The fourth-order valence-corrected chi connectivity index (χ4v) is 4.30. The van der Waals surface area contributed by atoms with E-state index < -0.39 is 12.0 Å². The third-order valence-corrected chi connectivity index (χ3v) is 6.18. The second-order valence-corrected chi connectivity index (χ2v) is 8.67. The summed E-state index contributed by atoms with van der Waals surface area (Å²) in [4.78, 5) is 19.8. The van der Waals surface area contributed by atoms with E-state index in [1.54, 1.807) is 6.20 Å². The van der Waals surface area contributed by atoms with E-state index in [1.165, 1.54) is 0 Å². The van der Waals surface area contributed by atoms with Gasteiger partial charge in [-0.1, -0.05) is 60.7 Å². The first-order valence-electron chi connectivity index (χ1n) is 11.6. The lowest BCUT2D eigenvalue weighted by Crippen LogP contribution is -2.35. The number of carbonyl (C=O) groups is 1. The van der Waals surface area contributed by atoms with Gasteiger partial charge in [-0.25, -0.2) is 4.98 Å². The van der Waals surface area contributed by atoms with Crippen LogP contribution in [0.2, 0.25) is 0 Å². The van der Waals surface area contributed by atoms with Crippen molar-refractivity contribution in [3.8, 4) is 28.1 Å². The van der Waals surface area contributed by atoms with Crippen molar-refractivity contribution in [3.63, 3.8) is 0 Å². The van der Waals surface area contributed by atoms with Gasteiger partial charge in [0.1, 0.15) is 17.7 Å².